The third-order valence-electron chi connectivity index (χ3n) is 4.76. The predicted molar refractivity (Wildman–Crippen MR) is 126 cm³/mol. The van der Waals surface area contributed by atoms with E-state index in [2.05, 4.69) is 15.4 Å². The first kappa shape index (κ1) is 23.6. The molecule has 0 radical (unpaired) electrons. The zero-order valence-electron chi connectivity index (χ0n) is 18.1. The number of rotatable bonds is 8. The summed E-state index contributed by atoms with van der Waals surface area (Å²) in [5.74, 6) is 0.182. The van der Waals surface area contributed by atoms with Crippen LogP contribution < -0.4 is 25.8 Å². The highest BCUT2D eigenvalue weighted by atomic mass is 32.2. The number of hydrogen-bond acceptors (Lipinski definition) is 5. The molecule has 0 aromatic heterocycles. The average Bonchev–Trinajstić information content (AvgIpc) is 2.78. The molecule has 0 aliphatic heterocycles. The Labute approximate surface area is 192 Å². The molecule has 3 aromatic carbocycles. The number of aryl methyl sites for hydroxylation is 1. The molecule has 0 atom stereocenters. The highest BCUT2D eigenvalue weighted by Gasteiger charge is 2.19. The van der Waals surface area contributed by atoms with Gasteiger partial charge in [-0.2, -0.15) is 0 Å². The molecule has 0 aliphatic carbocycles. The molecule has 9 nitrogen and oxygen atoms in total. The van der Waals surface area contributed by atoms with Crippen LogP contribution in [-0.2, 0) is 16.6 Å². The molecule has 33 heavy (non-hydrogen) atoms. The van der Waals surface area contributed by atoms with Gasteiger partial charge in [0.05, 0.1) is 12.0 Å². The Bertz CT molecular complexity index is 1260. The normalized spacial score (nSPS) is 10.8. The fourth-order valence-electron chi connectivity index (χ4n) is 3.03. The smallest absolute Gasteiger partial charge is 0.316 e. The van der Waals surface area contributed by atoms with E-state index < -0.39 is 22.0 Å². The zero-order chi connectivity index (χ0) is 24.0. The van der Waals surface area contributed by atoms with Gasteiger partial charge in [0.1, 0.15) is 5.75 Å². The van der Waals surface area contributed by atoms with Crippen LogP contribution in [0.25, 0.3) is 0 Å². The number of nitrogens with two attached hydrogens (primary N) is 1. The van der Waals surface area contributed by atoms with Gasteiger partial charge in [-0.15, -0.1) is 0 Å². The number of nitrogens with one attached hydrogen (secondary N) is 3. The Hall–Kier alpha value is -4.05. The third-order valence-corrected chi connectivity index (χ3v) is 6.28. The van der Waals surface area contributed by atoms with Crippen molar-refractivity contribution in [2.45, 2.75) is 18.4 Å². The molecule has 5 N–H and O–H groups in total. The number of primary amides is 1. The van der Waals surface area contributed by atoms with E-state index >= 15 is 0 Å². The zero-order valence-corrected chi connectivity index (χ0v) is 18.9. The molecule has 0 spiro atoms. The number of hydrogen-bond donors (Lipinski definition) is 4. The van der Waals surface area contributed by atoms with Crippen LogP contribution in [-0.4, -0.2) is 27.5 Å². The van der Waals surface area contributed by atoms with Gasteiger partial charge in [-0.3, -0.25) is 9.52 Å². The van der Waals surface area contributed by atoms with E-state index in [1.807, 2.05) is 0 Å². The van der Waals surface area contributed by atoms with Gasteiger partial charge >= 0.3 is 6.03 Å². The van der Waals surface area contributed by atoms with Crippen LogP contribution in [0.3, 0.4) is 0 Å². The molecular formula is C23H24N4O5S. The lowest BCUT2D eigenvalue weighted by atomic mass is 10.1. The lowest BCUT2D eigenvalue weighted by Gasteiger charge is -2.13. The van der Waals surface area contributed by atoms with Crippen LogP contribution in [0.4, 0.5) is 16.2 Å². The molecule has 0 bridgehead atoms. The summed E-state index contributed by atoms with van der Waals surface area (Å²) in [6, 6.07) is 17.1. The van der Waals surface area contributed by atoms with E-state index in [0.717, 1.165) is 5.56 Å². The van der Waals surface area contributed by atoms with E-state index in [4.69, 9.17) is 10.5 Å². The van der Waals surface area contributed by atoms with Crippen molar-refractivity contribution in [3.05, 3.63) is 83.4 Å². The van der Waals surface area contributed by atoms with Gasteiger partial charge in [0, 0.05) is 23.5 Å². The number of sulfonamides is 1. The molecule has 10 heteroatoms. The van der Waals surface area contributed by atoms with E-state index in [1.54, 1.807) is 67.6 Å². The van der Waals surface area contributed by atoms with Gasteiger partial charge in [-0.05, 0) is 66.6 Å². The number of ether oxygens (including phenoxy) is 1. The molecular weight excluding hydrogens is 444 g/mol. The first-order valence-electron chi connectivity index (χ1n) is 9.89. The summed E-state index contributed by atoms with van der Waals surface area (Å²) in [4.78, 5) is 23.5. The second kappa shape index (κ2) is 10.0. The summed E-state index contributed by atoms with van der Waals surface area (Å²) in [5.41, 5.74) is 7.49. The summed E-state index contributed by atoms with van der Waals surface area (Å²) in [6.07, 6.45) is 0. The summed E-state index contributed by atoms with van der Waals surface area (Å²) in [6.45, 7) is 1.88. The lowest BCUT2D eigenvalue weighted by molar-refractivity contribution is 0.0950. The third kappa shape index (κ3) is 6.23. The maximum absolute atomic E-state index is 12.9. The first-order chi connectivity index (χ1) is 15.7. The second-order valence-electron chi connectivity index (χ2n) is 7.18. The van der Waals surface area contributed by atoms with Crippen LogP contribution in [0, 0.1) is 6.92 Å². The molecule has 0 unspecified atom stereocenters. The van der Waals surface area contributed by atoms with E-state index in [1.165, 1.54) is 13.2 Å². The molecule has 3 amide bonds. The topological polar surface area (TPSA) is 140 Å². The quantitative estimate of drug-likeness (QED) is 0.402. The predicted octanol–water partition coefficient (Wildman–Crippen LogP) is 3.23. The van der Waals surface area contributed by atoms with Gasteiger partial charge in [-0.1, -0.05) is 18.2 Å². The SMILES string of the molecule is COc1ccc(NS(=O)(=O)c2cc(C(=O)NCc3ccc(NC(N)=O)cc3)ccc2C)cc1. The average molecular weight is 469 g/mol. The molecule has 0 saturated carbocycles. The summed E-state index contributed by atoms with van der Waals surface area (Å²) in [5, 5.41) is 5.21. The molecule has 0 aliphatic rings. The van der Waals surface area contributed by atoms with Crippen molar-refractivity contribution in [2.75, 3.05) is 17.1 Å². The molecule has 172 valence electrons. The minimum Gasteiger partial charge on any atom is -0.497 e. The van der Waals surface area contributed by atoms with Gasteiger partial charge < -0.3 is 21.1 Å². The molecule has 0 heterocycles. The summed E-state index contributed by atoms with van der Waals surface area (Å²) >= 11 is 0. The van der Waals surface area contributed by atoms with Gasteiger partial charge in [-0.25, -0.2) is 13.2 Å². The number of anilines is 2. The van der Waals surface area contributed by atoms with Crippen molar-refractivity contribution >= 4 is 33.3 Å². The van der Waals surface area contributed by atoms with Gasteiger partial charge in [0.25, 0.3) is 15.9 Å². The van der Waals surface area contributed by atoms with Gasteiger partial charge in [0.15, 0.2) is 0 Å². The van der Waals surface area contributed by atoms with Crippen LogP contribution in [0.1, 0.15) is 21.5 Å². The van der Waals surface area contributed by atoms with Crippen molar-refractivity contribution in [1.82, 2.24) is 5.32 Å². The van der Waals surface area contributed by atoms with Crippen molar-refractivity contribution < 1.29 is 22.7 Å². The number of methoxy groups -OCH3 is 1. The Morgan fingerprint density at radius 2 is 1.58 bits per heavy atom. The van der Waals surface area contributed by atoms with Gasteiger partial charge in [0.2, 0.25) is 0 Å². The molecule has 3 aromatic rings. The lowest BCUT2D eigenvalue weighted by Crippen LogP contribution is -2.24. The number of amides is 3. The largest absolute Gasteiger partial charge is 0.497 e. The fourth-order valence-corrected chi connectivity index (χ4v) is 4.36. The van der Waals surface area contributed by atoms with Crippen LogP contribution in [0.2, 0.25) is 0 Å². The second-order valence-corrected chi connectivity index (χ2v) is 8.83. The number of urea groups is 1. The number of carbonyl (C=O) groups is 2. The Morgan fingerprint density at radius 1 is 0.939 bits per heavy atom. The van der Waals surface area contributed by atoms with Crippen molar-refractivity contribution in [2.24, 2.45) is 5.73 Å². The van der Waals surface area contributed by atoms with Crippen LogP contribution in [0.15, 0.2) is 71.6 Å². The highest BCUT2D eigenvalue weighted by molar-refractivity contribution is 7.92. The number of benzene rings is 3. The molecule has 0 fully saturated rings. The minimum atomic E-state index is -3.92. The fraction of sp³-hybridized carbons (Fsp3) is 0.130. The van der Waals surface area contributed by atoms with Crippen molar-refractivity contribution in [3.8, 4) is 5.75 Å². The van der Waals surface area contributed by atoms with Crippen LogP contribution in [0.5, 0.6) is 5.75 Å². The molecule has 3 rings (SSSR count). The summed E-state index contributed by atoms with van der Waals surface area (Å²) < 4.78 is 33.4. The standard InChI is InChI=1S/C23H24N4O5S/c1-15-3-6-17(22(28)25-14-16-4-7-18(8-5-16)26-23(24)29)13-21(15)33(30,31)27-19-9-11-20(32-2)12-10-19/h3-13,27H,14H2,1-2H3,(H,25,28)(H3,24,26,29). The Morgan fingerprint density at radius 3 is 2.18 bits per heavy atom. The van der Waals surface area contributed by atoms with Crippen molar-refractivity contribution in [3.63, 3.8) is 0 Å². The van der Waals surface area contributed by atoms with Crippen LogP contribution >= 0.6 is 0 Å². The molecule has 0 saturated heterocycles. The maximum Gasteiger partial charge on any atom is 0.316 e. The maximum atomic E-state index is 12.9. The van der Waals surface area contributed by atoms with Crippen molar-refractivity contribution in [1.29, 1.82) is 0 Å². The van der Waals surface area contributed by atoms with E-state index in [-0.39, 0.29) is 17.0 Å². The summed E-state index contributed by atoms with van der Waals surface area (Å²) in [7, 11) is -2.39. The Balaban J connectivity index is 1.71. The monoisotopic (exact) mass is 468 g/mol. The Kier molecular flexibility index (Phi) is 7.19. The number of carbonyl (C=O) groups excluding carboxylic acids is 2. The first-order valence-corrected chi connectivity index (χ1v) is 11.4. The van der Waals surface area contributed by atoms with E-state index in [0.29, 0.717) is 22.7 Å². The van der Waals surface area contributed by atoms with E-state index in [9.17, 15) is 18.0 Å². The highest BCUT2D eigenvalue weighted by Crippen LogP contribution is 2.22. The minimum absolute atomic E-state index is 0.00727.